The Morgan fingerprint density at radius 2 is 1.81 bits per heavy atom. The van der Waals surface area contributed by atoms with E-state index in [0.29, 0.717) is 12.2 Å². The predicted octanol–water partition coefficient (Wildman–Crippen LogP) is 5.00. The van der Waals surface area contributed by atoms with Crippen molar-refractivity contribution in [2.75, 3.05) is 23.0 Å². The van der Waals surface area contributed by atoms with Gasteiger partial charge in [-0.3, -0.25) is 19.6 Å². The van der Waals surface area contributed by atoms with Crippen molar-refractivity contribution in [3.63, 3.8) is 0 Å². The zero-order valence-corrected chi connectivity index (χ0v) is 15.9. The second kappa shape index (κ2) is 8.58. The minimum atomic E-state index is -0.911. The average Bonchev–Trinajstić information content (AvgIpc) is 3.10. The van der Waals surface area contributed by atoms with Gasteiger partial charge in [0.1, 0.15) is 0 Å². The van der Waals surface area contributed by atoms with Gasteiger partial charge in [0.15, 0.2) is 0 Å². The van der Waals surface area contributed by atoms with E-state index in [1.54, 1.807) is 12.4 Å². The highest BCUT2D eigenvalue weighted by Gasteiger charge is 2.16. The van der Waals surface area contributed by atoms with Gasteiger partial charge in [-0.2, -0.15) is 0 Å². The molecular weight excluding hydrogens is 340 g/mol. The van der Waals surface area contributed by atoms with E-state index in [0.717, 1.165) is 42.4 Å². The fraction of sp³-hybridized carbons (Fsp3) is 0.333. The van der Waals surface area contributed by atoms with Gasteiger partial charge in [0.2, 0.25) is 0 Å². The van der Waals surface area contributed by atoms with Gasteiger partial charge in [0, 0.05) is 42.8 Å². The van der Waals surface area contributed by atoms with Crippen LogP contribution in [-0.4, -0.2) is 33.9 Å². The summed E-state index contributed by atoms with van der Waals surface area (Å²) in [7, 11) is 0. The van der Waals surface area contributed by atoms with Gasteiger partial charge in [0.05, 0.1) is 11.2 Å². The second-order valence-electron chi connectivity index (χ2n) is 6.52. The van der Waals surface area contributed by atoms with Crippen molar-refractivity contribution in [2.45, 2.75) is 33.1 Å². The zero-order chi connectivity index (χ0) is 19.2. The molecule has 2 heterocycles. The van der Waals surface area contributed by atoms with Crippen molar-refractivity contribution >= 4 is 28.4 Å². The molecule has 2 aromatic heterocycles. The number of pyridine rings is 1. The molecule has 3 rings (SSSR count). The molecule has 0 fully saturated rings. The van der Waals surface area contributed by atoms with Crippen LogP contribution >= 0.6 is 0 Å². The lowest BCUT2D eigenvalue weighted by molar-refractivity contribution is 0.201. The number of carbonyl (C=O) groups is 1. The quantitative estimate of drug-likeness (QED) is 0.609. The first kappa shape index (κ1) is 18.8. The van der Waals surface area contributed by atoms with Crippen molar-refractivity contribution in [1.29, 1.82) is 0 Å². The van der Waals surface area contributed by atoms with E-state index in [4.69, 9.17) is 0 Å². The Kier molecular flexibility index (Phi) is 5.96. The summed E-state index contributed by atoms with van der Waals surface area (Å²) in [5.74, 6) is 0. The molecular formula is C21H26N4O2. The molecule has 0 radical (unpaired) electrons. The minimum absolute atomic E-state index is 0.511. The van der Waals surface area contributed by atoms with E-state index >= 15 is 0 Å². The Hall–Kier alpha value is -3.02. The van der Waals surface area contributed by atoms with Crippen LogP contribution in [-0.2, 0) is 0 Å². The lowest BCUT2D eigenvalue weighted by Crippen LogP contribution is -2.30. The van der Waals surface area contributed by atoms with Crippen molar-refractivity contribution in [2.24, 2.45) is 0 Å². The third-order valence-electron chi connectivity index (χ3n) is 4.59. The van der Waals surface area contributed by atoms with Crippen LogP contribution in [0.15, 0.2) is 55.0 Å². The lowest BCUT2D eigenvalue weighted by Gasteiger charge is -2.26. The molecule has 0 spiro atoms. The number of aromatic nitrogens is 2. The number of hydrogen-bond donors (Lipinski definition) is 1. The largest absolute Gasteiger partial charge is 0.465 e. The smallest absolute Gasteiger partial charge is 0.411 e. The fourth-order valence-electron chi connectivity index (χ4n) is 3.23. The van der Waals surface area contributed by atoms with E-state index < -0.39 is 6.09 Å². The maximum Gasteiger partial charge on any atom is 0.411 e. The number of anilines is 2. The molecule has 0 saturated heterocycles. The van der Waals surface area contributed by atoms with Crippen LogP contribution in [0.2, 0.25) is 0 Å². The van der Waals surface area contributed by atoms with Crippen molar-refractivity contribution in [3.8, 4) is 0 Å². The molecule has 3 aromatic rings. The van der Waals surface area contributed by atoms with Gasteiger partial charge in [0.25, 0.3) is 0 Å². The normalized spacial score (nSPS) is 10.9. The van der Waals surface area contributed by atoms with Gasteiger partial charge in [-0.05, 0) is 49.2 Å². The molecule has 1 amide bonds. The fourth-order valence-corrected chi connectivity index (χ4v) is 3.23. The molecule has 0 unspecified atom stereocenters. The van der Waals surface area contributed by atoms with Crippen LogP contribution < -0.4 is 9.91 Å². The van der Waals surface area contributed by atoms with Crippen LogP contribution in [0.5, 0.6) is 0 Å². The van der Waals surface area contributed by atoms with Crippen LogP contribution in [0.25, 0.3) is 10.9 Å². The summed E-state index contributed by atoms with van der Waals surface area (Å²) in [4.78, 5) is 17.2. The van der Waals surface area contributed by atoms with Crippen molar-refractivity contribution < 1.29 is 9.90 Å². The lowest BCUT2D eigenvalue weighted by atomic mass is 10.2. The number of rotatable bonds is 8. The van der Waals surface area contributed by atoms with Crippen molar-refractivity contribution in [1.82, 2.24) is 9.66 Å². The summed E-state index contributed by atoms with van der Waals surface area (Å²) in [5.41, 5.74) is 2.83. The first-order chi connectivity index (χ1) is 13.2. The average molecular weight is 366 g/mol. The molecule has 6 nitrogen and oxygen atoms in total. The highest BCUT2D eigenvalue weighted by atomic mass is 16.4. The highest BCUT2D eigenvalue weighted by Crippen LogP contribution is 2.26. The SMILES string of the molecule is CCCCN(C(=O)O)c1ccc2c(ccn2N(CCC)c2ccncc2)c1. The van der Waals surface area contributed by atoms with Gasteiger partial charge in [-0.15, -0.1) is 0 Å². The molecule has 27 heavy (non-hydrogen) atoms. The highest BCUT2D eigenvalue weighted by molar-refractivity contribution is 5.91. The van der Waals surface area contributed by atoms with Crippen LogP contribution in [0.4, 0.5) is 16.2 Å². The first-order valence-electron chi connectivity index (χ1n) is 9.45. The Morgan fingerprint density at radius 3 is 2.48 bits per heavy atom. The van der Waals surface area contributed by atoms with Gasteiger partial charge in [-0.25, -0.2) is 4.79 Å². The standard InChI is InChI=1S/C21H26N4O2/c1-3-5-14-23(21(26)27)19-6-7-20-17(16-19)10-15-25(20)24(13-4-2)18-8-11-22-12-9-18/h6-12,15-16H,3-5,13-14H2,1-2H3,(H,26,27). The van der Waals surface area contributed by atoms with Crippen molar-refractivity contribution in [3.05, 3.63) is 55.0 Å². The second-order valence-corrected chi connectivity index (χ2v) is 6.52. The van der Waals surface area contributed by atoms with E-state index in [-0.39, 0.29) is 0 Å². The minimum Gasteiger partial charge on any atom is -0.465 e. The number of carboxylic acid groups (broad SMARTS) is 1. The number of hydrogen-bond acceptors (Lipinski definition) is 3. The van der Waals surface area contributed by atoms with Crippen LogP contribution in [0.1, 0.15) is 33.1 Å². The number of benzene rings is 1. The topological polar surface area (TPSA) is 61.6 Å². The summed E-state index contributed by atoms with van der Waals surface area (Å²) in [5, 5.41) is 12.8. The Balaban J connectivity index is 1.98. The molecule has 0 aliphatic heterocycles. The summed E-state index contributed by atoms with van der Waals surface area (Å²) in [6.07, 6.45) is 7.51. The summed E-state index contributed by atoms with van der Waals surface area (Å²) in [6.45, 7) is 5.59. The molecule has 0 bridgehead atoms. The van der Waals surface area contributed by atoms with Gasteiger partial charge < -0.3 is 5.11 Å². The maximum atomic E-state index is 11.6. The number of nitrogens with zero attached hydrogens (tertiary/aromatic N) is 4. The molecule has 0 saturated carbocycles. The zero-order valence-electron chi connectivity index (χ0n) is 15.9. The summed E-state index contributed by atoms with van der Waals surface area (Å²) < 4.78 is 2.12. The van der Waals surface area contributed by atoms with E-state index in [1.165, 1.54) is 4.90 Å². The van der Waals surface area contributed by atoms with Crippen LogP contribution in [0, 0.1) is 0 Å². The first-order valence-corrected chi connectivity index (χ1v) is 9.45. The van der Waals surface area contributed by atoms with E-state index in [1.807, 2.05) is 42.6 Å². The molecule has 1 N–H and O–H groups in total. The number of amides is 1. The summed E-state index contributed by atoms with van der Waals surface area (Å²) in [6, 6.07) is 11.9. The molecule has 142 valence electrons. The maximum absolute atomic E-state index is 11.6. The van der Waals surface area contributed by atoms with Gasteiger partial charge in [-0.1, -0.05) is 20.3 Å². The predicted molar refractivity (Wildman–Crippen MR) is 109 cm³/mol. The molecule has 0 aliphatic carbocycles. The Morgan fingerprint density at radius 1 is 1.04 bits per heavy atom. The number of unbranched alkanes of at least 4 members (excludes halogenated alkanes) is 1. The van der Waals surface area contributed by atoms with E-state index in [9.17, 15) is 9.90 Å². The van der Waals surface area contributed by atoms with Crippen LogP contribution in [0.3, 0.4) is 0 Å². The molecule has 0 atom stereocenters. The third-order valence-corrected chi connectivity index (χ3v) is 4.59. The third kappa shape index (κ3) is 4.05. The monoisotopic (exact) mass is 366 g/mol. The van der Waals surface area contributed by atoms with Gasteiger partial charge >= 0.3 is 6.09 Å². The molecule has 6 heteroatoms. The Bertz CT molecular complexity index is 892. The number of fused-ring (bicyclic) bond motifs is 1. The molecule has 0 aliphatic rings. The summed E-state index contributed by atoms with van der Waals surface area (Å²) >= 11 is 0. The Labute approximate surface area is 159 Å². The molecule has 1 aromatic carbocycles. The van der Waals surface area contributed by atoms with E-state index in [2.05, 4.69) is 28.5 Å².